The normalized spacial score (nSPS) is 10.7. The molecule has 1 aromatic rings. The summed E-state index contributed by atoms with van der Waals surface area (Å²) in [6.07, 6.45) is 0.443. The summed E-state index contributed by atoms with van der Waals surface area (Å²) in [5.41, 5.74) is 0.841. The Morgan fingerprint density at radius 1 is 1.43 bits per heavy atom. The monoisotopic (exact) mass is 291 g/mol. The minimum absolute atomic E-state index is 0.0223. The van der Waals surface area contributed by atoms with Gasteiger partial charge in [0.15, 0.2) is 0 Å². The molecule has 0 aliphatic heterocycles. The molecule has 6 heteroatoms. The third-order valence-corrected chi connectivity index (χ3v) is 2.97. The van der Waals surface area contributed by atoms with E-state index in [4.69, 9.17) is 10.00 Å². The molecule has 0 aliphatic rings. The first-order valence-corrected chi connectivity index (χ1v) is 6.88. The first-order chi connectivity index (χ1) is 9.96. The number of benzene rings is 1. The summed E-state index contributed by atoms with van der Waals surface area (Å²) in [6, 6.07) is 6.90. The lowest BCUT2D eigenvalue weighted by Crippen LogP contribution is -2.28. The molecule has 1 aromatic carbocycles. The van der Waals surface area contributed by atoms with Crippen LogP contribution < -0.4 is 4.74 Å². The van der Waals surface area contributed by atoms with E-state index in [1.54, 1.807) is 12.1 Å². The molecular weight excluding hydrogens is 270 g/mol. The van der Waals surface area contributed by atoms with Crippen molar-refractivity contribution in [1.29, 1.82) is 5.26 Å². The van der Waals surface area contributed by atoms with E-state index >= 15 is 0 Å². The molecule has 0 heterocycles. The summed E-state index contributed by atoms with van der Waals surface area (Å²) in [4.78, 5) is 12.7. The Morgan fingerprint density at radius 2 is 2.14 bits per heavy atom. The number of non-ortho nitro benzene ring substituents is 1. The van der Waals surface area contributed by atoms with Gasteiger partial charge in [-0.05, 0) is 17.5 Å². The van der Waals surface area contributed by atoms with Crippen LogP contribution in [0.2, 0.25) is 0 Å². The van der Waals surface area contributed by atoms with Crippen LogP contribution in [0.5, 0.6) is 5.75 Å². The molecule has 0 bridgehead atoms. The summed E-state index contributed by atoms with van der Waals surface area (Å²) in [5.74, 6) is 0.938. The Labute approximate surface area is 125 Å². The number of nitriles is 1. The largest absolute Gasteiger partial charge is 0.496 e. The number of nitro benzene ring substituents is 1. The highest BCUT2D eigenvalue weighted by atomic mass is 16.6. The van der Waals surface area contributed by atoms with Crippen molar-refractivity contribution in [2.75, 3.05) is 20.2 Å². The highest BCUT2D eigenvalue weighted by molar-refractivity contribution is 5.42. The molecule has 0 radical (unpaired) electrons. The van der Waals surface area contributed by atoms with Crippen LogP contribution in [0.3, 0.4) is 0 Å². The standard InChI is InChI=1S/C15H21N3O3/c1-12(2)10-17(6-4-5-16)11-13-7-14(18(19)20)9-15(8-13)21-3/h7-9,12H,4,6,10-11H2,1-3H3. The summed E-state index contributed by atoms with van der Waals surface area (Å²) >= 11 is 0. The van der Waals surface area contributed by atoms with Gasteiger partial charge in [0.25, 0.3) is 5.69 Å². The van der Waals surface area contributed by atoms with Crippen molar-refractivity contribution in [3.05, 3.63) is 33.9 Å². The molecule has 114 valence electrons. The zero-order valence-corrected chi connectivity index (χ0v) is 12.7. The van der Waals surface area contributed by atoms with Crippen LogP contribution in [0.4, 0.5) is 5.69 Å². The molecule has 0 aromatic heterocycles. The smallest absolute Gasteiger partial charge is 0.273 e. The second-order valence-corrected chi connectivity index (χ2v) is 5.33. The lowest BCUT2D eigenvalue weighted by molar-refractivity contribution is -0.385. The van der Waals surface area contributed by atoms with Crippen molar-refractivity contribution in [2.24, 2.45) is 5.92 Å². The van der Waals surface area contributed by atoms with Gasteiger partial charge in [-0.15, -0.1) is 0 Å². The molecule has 21 heavy (non-hydrogen) atoms. The van der Waals surface area contributed by atoms with Crippen LogP contribution in [0.15, 0.2) is 18.2 Å². The highest BCUT2D eigenvalue weighted by Gasteiger charge is 2.13. The number of methoxy groups -OCH3 is 1. The van der Waals surface area contributed by atoms with E-state index in [-0.39, 0.29) is 5.69 Å². The lowest BCUT2D eigenvalue weighted by atomic mass is 10.1. The second kappa shape index (κ2) is 8.22. The van der Waals surface area contributed by atoms with Crippen LogP contribution in [0, 0.1) is 27.4 Å². The SMILES string of the molecule is COc1cc(CN(CCC#N)CC(C)C)cc([N+](=O)[O-])c1. The summed E-state index contributed by atoms with van der Waals surface area (Å²) in [6.45, 7) is 6.27. The molecule has 0 saturated heterocycles. The molecule has 0 N–H and O–H groups in total. The fourth-order valence-electron chi connectivity index (χ4n) is 2.18. The van der Waals surface area contributed by atoms with Crippen molar-refractivity contribution in [2.45, 2.75) is 26.8 Å². The number of nitro groups is 1. The Balaban J connectivity index is 2.93. The van der Waals surface area contributed by atoms with E-state index in [1.807, 2.05) is 0 Å². The third kappa shape index (κ3) is 5.79. The number of ether oxygens (including phenoxy) is 1. The van der Waals surface area contributed by atoms with E-state index in [9.17, 15) is 10.1 Å². The average Bonchev–Trinajstić information content (AvgIpc) is 2.43. The van der Waals surface area contributed by atoms with Gasteiger partial charge in [-0.3, -0.25) is 15.0 Å². The maximum atomic E-state index is 11.0. The van der Waals surface area contributed by atoms with Crippen LogP contribution in [0.1, 0.15) is 25.8 Å². The topological polar surface area (TPSA) is 79.4 Å². The van der Waals surface area contributed by atoms with Crippen LogP contribution in [-0.4, -0.2) is 30.0 Å². The predicted molar refractivity (Wildman–Crippen MR) is 80.0 cm³/mol. The van der Waals surface area contributed by atoms with Gasteiger partial charge in [-0.2, -0.15) is 5.26 Å². The number of hydrogen-bond donors (Lipinski definition) is 0. The van der Waals surface area contributed by atoms with Crippen molar-refractivity contribution in [1.82, 2.24) is 4.90 Å². The van der Waals surface area contributed by atoms with E-state index in [1.165, 1.54) is 13.2 Å². The quantitative estimate of drug-likeness (QED) is 0.543. The van der Waals surface area contributed by atoms with Gasteiger partial charge in [-0.25, -0.2) is 0 Å². The van der Waals surface area contributed by atoms with Crippen LogP contribution >= 0.6 is 0 Å². The Morgan fingerprint density at radius 3 is 2.67 bits per heavy atom. The molecule has 0 aliphatic carbocycles. The summed E-state index contributed by atoms with van der Waals surface area (Å²) in [5, 5.41) is 19.7. The molecule has 1 rings (SSSR count). The molecular formula is C15H21N3O3. The average molecular weight is 291 g/mol. The van der Waals surface area contributed by atoms with Crippen molar-refractivity contribution in [3.63, 3.8) is 0 Å². The maximum absolute atomic E-state index is 11.0. The fourth-order valence-corrected chi connectivity index (χ4v) is 2.18. The second-order valence-electron chi connectivity index (χ2n) is 5.33. The number of hydrogen-bond acceptors (Lipinski definition) is 5. The molecule has 0 spiro atoms. The summed E-state index contributed by atoms with van der Waals surface area (Å²) < 4.78 is 5.11. The van der Waals surface area contributed by atoms with Crippen molar-refractivity contribution >= 4 is 5.69 Å². The van der Waals surface area contributed by atoms with E-state index in [2.05, 4.69) is 24.8 Å². The van der Waals surface area contributed by atoms with E-state index < -0.39 is 4.92 Å². The fraction of sp³-hybridized carbons (Fsp3) is 0.533. The molecule has 6 nitrogen and oxygen atoms in total. The van der Waals surface area contributed by atoms with Gasteiger partial charge in [0.2, 0.25) is 0 Å². The van der Waals surface area contributed by atoms with Crippen molar-refractivity contribution in [3.8, 4) is 11.8 Å². The molecule has 0 atom stereocenters. The first-order valence-electron chi connectivity index (χ1n) is 6.88. The Hall–Kier alpha value is -2.13. The van der Waals surface area contributed by atoms with Crippen molar-refractivity contribution < 1.29 is 9.66 Å². The number of nitrogens with zero attached hydrogens (tertiary/aromatic N) is 3. The molecule has 0 saturated carbocycles. The molecule has 0 amide bonds. The van der Waals surface area contributed by atoms with E-state index in [0.717, 1.165) is 12.1 Å². The zero-order chi connectivity index (χ0) is 15.8. The first kappa shape index (κ1) is 16.9. The molecule has 0 unspecified atom stereocenters. The third-order valence-electron chi connectivity index (χ3n) is 2.97. The van der Waals surface area contributed by atoms with Gasteiger partial charge in [0.05, 0.1) is 24.2 Å². The minimum atomic E-state index is -0.423. The Bertz CT molecular complexity index is 523. The van der Waals surface area contributed by atoms with Crippen LogP contribution in [-0.2, 0) is 6.54 Å². The van der Waals surface area contributed by atoms with Gasteiger partial charge in [-0.1, -0.05) is 13.8 Å². The van der Waals surface area contributed by atoms with Gasteiger partial charge in [0.1, 0.15) is 5.75 Å². The predicted octanol–water partition coefficient (Wildman–Crippen LogP) is 2.98. The van der Waals surface area contributed by atoms with Crippen LogP contribution in [0.25, 0.3) is 0 Å². The maximum Gasteiger partial charge on any atom is 0.273 e. The Kier molecular flexibility index (Phi) is 6.63. The van der Waals surface area contributed by atoms with E-state index in [0.29, 0.717) is 31.2 Å². The molecule has 0 fully saturated rings. The van der Waals surface area contributed by atoms with Gasteiger partial charge in [0, 0.05) is 32.1 Å². The van der Waals surface area contributed by atoms with Gasteiger partial charge < -0.3 is 4.74 Å². The van der Waals surface area contributed by atoms with Gasteiger partial charge >= 0.3 is 0 Å². The summed E-state index contributed by atoms with van der Waals surface area (Å²) in [7, 11) is 1.49. The highest BCUT2D eigenvalue weighted by Crippen LogP contribution is 2.23. The number of rotatable bonds is 8. The zero-order valence-electron chi connectivity index (χ0n) is 12.7. The lowest BCUT2D eigenvalue weighted by Gasteiger charge is -2.23. The minimum Gasteiger partial charge on any atom is -0.496 e.